The topological polar surface area (TPSA) is 38.5 Å². The number of nitrogens with two attached hydrogens (primary N) is 1. The molecule has 0 aromatic carbocycles. The van der Waals surface area contributed by atoms with E-state index in [2.05, 4.69) is 32.6 Å². The van der Waals surface area contributed by atoms with Crippen molar-refractivity contribution in [2.24, 2.45) is 17.6 Å². The van der Waals surface area contributed by atoms with Crippen molar-refractivity contribution in [1.82, 2.24) is 4.90 Å². The van der Waals surface area contributed by atoms with Crippen molar-refractivity contribution in [2.45, 2.75) is 58.9 Å². The van der Waals surface area contributed by atoms with Crippen LogP contribution in [0.1, 0.15) is 53.4 Å². The molecule has 3 heteroatoms. The molecule has 1 saturated heterocycles. The molecule has 0 aromatic rings. The Morgan fingerprint density at radius 3 is 1.89 bits per heavy atom. The Bertz CT molecular complexity index is 223. The van der Waals surface area contributed by atoms with Crippen molar-refractivity contribution in [3.05, 3.63) is 0 Å². The van der Waals surface area contributed by atoms with Crippen molar-refractivity contribution >= 4 is 0 Å². The Kier molecular flexibility index (Phi) is 7.33. The lowest BCUT2D eigenvalue weighted by molar-refractivity contribution is 0.0363. The van der Waals surface area contributed by atoms with E-state index in [-0.39, 0.29) is 5.54 Å². The molecule has 0 aliphatic carbocycles. The maximum atomic E-state index is 6.55. The second-order valence-electron chi connectivity index (χ2n) is 7.12. The molecule has 1 rings (SSSR count). The van der Waals surface area contributed by atoms with Gasteiger partial charge in [-0.05, 0) is 50.6 Å². The van der Waals surface area contributed by atoms with Gasteiger partial charge < -0.3 is 15.4 Å². The first kappa shape index (κ1) is 16.9. The van der Waals surface area contributed by atoms with Gasteiger partial charge in [-0.1, -0.05) is 27.7 Å². The first-order valence-corrected chi connectivity index (χ1v) is 8.00. The molecule has 0 saturated carbocycles. The van der Waals surface area contributed by atoms with Crippen LogP contribution in [0.3, 0.4) is 0 Å². The van der Waals surface area contributed by atoms with E-state index in [1.54, 1.807) is 0 Å². The third kappa shape index (κ3) is 7.28. The van der Waals surface area contributed by atoms with Crippen molar-refractivity contribution in [1.29, 1.82) is 0 Å². The van der Waals surface area contributed by atoms with Crippen molar-refractivity contribution in [3.8, 4) is 0 Å². The Balaban J connectivity index is 2.46. The lowest BCUT2D eigenvalue weighted by Gasteiger charge is -2.38. The maximum Gasteiger partial charge on any atom is 0.0484 e. The predicted octanol–water partition coefficient (Wildman–Crippen LogP) is 2.89. The number of rotatable bonds is 8. The van der Waals surface area contributed by atoms with Gasteiger partial charge in [-0.3, -0.25) is 0 Å². The molecule has 0 unspecified atom stereocenters. The molecule has 0 atom stereocenters. The van der Waals surface area contributed by atoms with Gasteiger partial charge in [-0.15, -0.1) is 0 Å². The molecule has 1 aliphatic heterocycles. The number of hydrogen-bond acceptors (Lipinski definition) is 3. The molecule has 0 radical (unpaired) electrons. The number of hydrogen-bond donors (Lipinski definition) is 1. The minimum absolute atomic E-state index is 0.0216. The standard InChI is InChI=1S/C16H34N2O/c1-14(2)5-9-18(10-6-15(3)4)13-16(17)7-11-19-12-8-16/h14-15H,5-13,17H2,1-4H3. The maximum absolute atomic E-state index is 6.55. The molecule has 1 fully saturated rings. The Morgan fingerprint density at radius 1 is 1.00 bits per heavy atom. The Labute approximate surface area is 119 Å². The minimum atomic E-state index is -0.0216. The van der Waals surface area contributed by atoms with Gasteiger partial charge in [0.25, 0.3) is 0 Å². The molecule has 0 bridgehead atoms. The second-order valence-corrected chi connectivity index (χ2v) is 7.12. The summed E-state index contributed by atoms with van der Waals surface area (Å²) in [7, 11) is 0. The van der Waals surface area contributed by atoms with Crippen molar-refractivity contribution in [3.63, 3.8) is 0 Å². The zero-order chi connectivity index (χ0) is 14.3. The fourth-order valence-electron chi connectivity index (χ4n) is 2.53. The van der Waals surface area contributed by atoms with Gasteiger partial charge in [-0.25, -0.2) is 0 Å². The fourth-order valence-corrected chi connectivity index (χ4v) is 2.53. The van der Waals surface area contributed by atoms with Crippen LogP contribution in [0.15, 0.2) is 0 Å². The number of ether oxygens (including phenoxy) is 1. The van der Waals surface area contributed by atoms with Crippen molar-refractivity contribution < 1.29 is 4.74 Å². The summed E-state index contributed by atoms with van der Waals surface area (Å²) < 4.78 is 5.44. The average Bonchev–Trinajstić information content (AvgIpc) is 2.33. The largest absolute Gasteiger partial charge is 0.381 e. The minimum Gasteiger partial charge on any atom is -0.381 e. The highest BCUT2D eigenvalue weighted by Gasteiger charge is 2.30. The third-order valence-electron chi connectivity index (χ3n) is 4.07. The quantitative estimate of drug-likeness (QED) is 0.737. The molecule has 0 aromatic heterocycles. The summed E-state index contributed by atoms with van der Waals surface area (Å²) in [5, 5.41) is 0. The first-order valence-electron chi connectivity index (χ1n) is 8.00. The van der Waals surface area contributed by atoms with Crippen molar-refractivity contribution in [2.75, 3.05) is 32.8 Å². The van der Waals surface area contributed by atoms with E-state index in [0.717, 1.165) is 44.4 Å². The van der Waals surface area contributed by atoms with Crippen LogP contribution in [0.25, 0.3) is 0 Å². The van der Waals surface area contributed by atoms with E-state index in [1.165, 1.54) is 25.9 Å². The number of nitrogens with zero attached hydrogens (tertiary/aromatic N) is 1. The summed E-state index contributed by atoms with van der Waals surface area (Å²) in [5.41, 5.74) is 6.53. The van der Waals surface area contributed by atoms with Gasteiger partial charge >= 0.3 is 0 Å². The summed E-state index contributed by atoms with van der Waals surface area (Å²) in [4.78, 5) is 2.59. The van der Waals surface area contributed by atoms with Crippen LogP contribution in [0.5, 0.6) is 0 Å². The first-order chi connectivity index (χ1) is 8.91. The van der Waals surface area contributed by atoms with Crippen LogP contribution < -0.4 is 5.73 Å². The molecule has 1 aliphatic rings. The summed E-state index contributed by atoms with van der Waals surface area (Å²) in [6.07, 6.45) is 4.55. The zero-order valence-electron chi connectivity index (χ0n) is 13.5. The highest BCUT2D eigenvalue weighted by atomic mass is 16.5. The van der Waals surface area contributed by atoms with Crippen LogP contribution in [0.4, 0.5) is 0 Å². The summed E-state index contributed by atoms with van der Waals surface area (Å²) >= 11 is 0. The second kappa shape index (κ2) is 8.23. The molecule has 0 spiro atoms. The average molecular weight is 270 g/mol. The van der Waals surface area contributed by atoms with E-state index in [4.69, 9.17) is 10.5 Å². The van der Waals surface area contributed by atoms with Crippen LogP contribution in [-0.2, 0) is 4.74 Å². The third-order valence-corrected chi connectivity index (χ3v) is 4.07. The molecule has 19 heavy (non-hydrogen) atoms. The van der Waals surface area contributed by atoms with E-state index >= 15 is 0 Å². The van der Waals surface area contributed by atoms with Crippen LogP contribution in [-0.4, -0.2) is 43.3 Å². The molecule has 1 heterocycles. The summed E-state index contributed by atoms with van der Waals surface area (Å²) in [6.45, 7) is 14.3. The summed E-state index contributed by atoms with van der Waals surface area (Å²) in [5.74, 6) is 1.54. The molecular weight excluding hydrogens is 236 g/mol. The molecule has 3 nitrogen and oxygen atoms in total. The van der Waals surface area contributed by atoms with Gasteiger partial charge in [0.15, 0.2) is 0 Å². The zero-order valence-corrected chi connectivity index (χ0v) is 13.5. The lowest BCUT2D eigenvalue weighted by Crippen LogP contribution is -2.54. The van der Waals surface area contributed by atoms with E-state index in [0.29, 0.717) is 0 Å². The van der Waals surface area contributed by atoms with Gasteiger partial charge in [0.05, 0.1) is 0 Å². The van der Waals surface area contributed by atoms with Crippen LogP contribution >= 0.6 is 0 Å². The van der Waals surface area contributed by atoms with Gasteiger partial charge in [0.1, 0.15) is 0 Å². The molecule has 2 N–H and O–H groups in total. The SMILES string of the molecule is CC(C)CCN(CCC(C)C)CC1(N)CCOCC1. The molecular formula is C16H34N2O. The van der Waals surface area contributed by atoms with Gasteiger partial charge in [-0.2, -0.15) is 0 Å². The Morgan fingerprint density at radius 2 is 1.47 bits per heavy atom. The van der Waals surface area contributed by atoms with E-state index < -0.39 is 0 Å². The fraction of sp³-hybridized carbons (Fsp3) is 1.00. The lowest BCUT2D eigenvalue weighted by atomic mass is 9.90. The molecule has 114 valence electrons. The van der Waals surface area contributed by atoms with Gasteiger partial charge in [0.2, 0.25) is 0 Å². The normalized spacial score (nSPS) is 19.6. The highest BCUT2D eigenvalue weighted by molar-refractivity contribution is 4.89. The predicted molar refractivity (Wildman–Crippen MR) is 82.3 cm³/mol. The van der Waals surface area contributed by atoms with Crippen LogP contribution in [0, 0.1) is 11.8 Å². The Hall–Kier alpha value is -0.120. The smallest absolute Gasteiger partial charge is 0.0484 e. The van der Waals surface area contributed by atoms with E-state index in [9.17, 15) is 0 Å². The van der Waals surface area contributed by atoms with Crippen LogP contribution in [0.2, 0.25) is 0 Å². The van der Waals surface area contributed by atoms with Gasteiger partial charge in [0, 0.05) is 25.3 Å². The highest BCUT2D eigenvalue weighted by Crippen LogP contribution is 2.20. The van der Waals surface area contributed by atoms with E-state index in [1.807, 2.05) is 0 Å². The summed E-state index contributed by atoms with van der Waals surface area (Å²) in [6, 6.07) is 0. The monoisotopic (exact) mass is 270 g/mol. The molecule has 0 amide bonds.